The van der Waals surface area contributed by atoms with Crippen LogP contribution in [0.25, 0.3) is 0 Å². The van der Waals surface area contributed by atoms with Gasteiger partial charge in [0.1, 0.15) is 17.5 Å². The minimum absolute atomic E-state index is 0.0954. The first-order valence-corrected chi connectivity index (χ1v) is 11.6. The Bertz CT molecular complexity index is 1070. The summed E-state index contributed by atoms with van der Waals surface area (Å²) in [6.45, 7) is 7.51. The van der Waals surface area contributed by atoms with E-state index in [4.69, 9.17) is 13.9 Å². The molecule has 0 N–H and O–H groups in total. The molecule has 2 aromatic heterocycles. The van der Waals surface area contributed by atoms with Crippen molar-refractivity contribution in [2.24, 2.45) is 5.92 Å². The third-order valence-corrected chi connectivity index (χ3v) is 6.15. The zero-order chi connectivity index (χ0) is 24.1. The first-order valence-electron chi connectivity index (χ1n) is 11.6. The van der Waals surface area contributed by atoms with Gasteiger partial charge in [0.05, 0.1) is 20.5 Å². The lowest BCUT2D eigenvalue weighted by molar-refractivity contribution is 0.0557. The van der Waals surface area contributed by atoms with Crippen molar-refractivity contribution in [3.63, 3.8) is 0 Å². The average molecular weight is 469 g/mol. The Labute approximate surface area is 199 Å². The van der Waals surface area contributed by atoms with Gasteiger partial charge in [0.15, 0.2) is 11.6 Å². The smallest absolute Gasteiger partial charge is 0.289 e. The number of carbonyl (C=O) groups excluding carboxylic acids is 1. The second-order valence-corrected chi connectivity index (χ2v) is 8.76. The summed E-state index contributed by atoms with van der Waals surface area (Å²) >= 11 is 0. The van der Waals surface area contributed by atoms with Gasteiger partial charge >= 0.3 is 0 Å². The largest absolute Gasteiger partial charge is 0.497 e. The van der Waals surface area contributed by atoms with E-state index >= 15 is 0 Å². The lowest BCUT2D eigenvalue weighted by Crippen LogP contribution is -2.50. The van der Waals surface area contributed by atoms with Crippen molar-refractivity contribution in [2.75, 3.05) is 40.4 Å². The first kappa shape index (κ1) is 23.7. The van der Waals surface area contributed by atoms with Gasteiger partial charge < -0.3 is 18.8 Å². The highest BCUT2D eigenvalue weighted by atomic mass is 16.5. The number of nitrogens with zero attached hydrogens (tertiary/aromatic N) is 6. The Balaban J connectivity index is 1.65. The van der Waals surface area contributed by atoms with Gasteiger partial charge in [-0.1, -0.05) is 13.8 Å². The van der Waals surface area contributed by atoms with Crippen LogP contribution in [0.2, 0.25) is 0 Å². The summed E-state index contributed by atoms with van der Waals surface area (Å²) in [5, 5.41) is 12.7. The molecule has 3 heterocycles. The molecule has 0 aliphatic carbocycles. The van der Waals surface area contributed by atoms with Crippen molar-refractivity contribution in [3.8, 4) is 11.5 Å². The Kier molecular flexibility index (Phi) is 7.46. The van der Waals surface area contributed by atoms with E-state index in [2.05, 4.69) is 34.3 Å². The summed E-state index contributed by atoms with van der Waals surface area (Å²) in [5.41, 5.74) is 0.924. The molecular formula is C24H32N6O4. The highest BCUT2D eigenvalue weighted by Crippen LogP contribution is 2.37. The Morgan fingerprint density at radius 1 is 1.12 bits per heavy atom. The zero-order valence-electron chi connectivity index (χ0n) is 20.2. The number of aromatic nitrogens is 4. The number of furan rings is 1. The van der Waals surface area contributed by atoms with Crippen LogP contribution in [-0.4, -0.2) is 76.3 Å². The minimum Gasteiger partial charge on any atom is -0.497 e. The van der Waals surface area contributed by atoms with E-state index in [1.807, 2.05) is 27.8 Å². The molecule has 0 bridgehead atoms. The lowest BCUT2D eigenvalue weighted by atomic mass is 10.0. The summed E-state index contributed by atoms with van der Waals surface area (Å²) < 4.78 is 18.4. The minimum atomic E-state index is -0.256. The maximum atomic E-state index is 12.8. The highest BCUT2D eigenvalue weighted by molar-refractivity contribution is 5.91. The van der Waals surface area contributed by atoms with Crippen LogP contribution in [0.3, 0.4) is 0 Å². The number of aryl methyl sites for hydroxylation is 1. The van der Waals surface area contributed by atoms with Crippen LogP contribution in [-0.2, 0) is 6.54 Å². The van der Waals surface area contributed by atoms with E-state index in [1.165, 1.54) is 6.26 Å². The normalized spacial score (nSPS) is 15.5. The Hall–Kier alpha value is -3.40. The topological polar surface area (TPSA) is 98.7 Å². The molecule has 1 saturated heterocycles. The van der Waals surface area contributed by atoms with Gasteiger partial charge in [0, 0.05) is 38.3 Å². The molecular weight excluding hydrogens is 436 g/mol. The van der Waals surface area contributed by atoms with Gasteiger partial charge in [-0.2, -0.15) is 0 Å². The third-order valence-electron chi connectivity index (χ3n) is 6.15. The van der Waals surface area contributed by atoms with Crippen molar-refractivity contribution in [1.82, 2.24) is 30.0 Å². The fourth-order valence-electron chi connectivity index (χ4n) is 4.24. The number of piperazine rings is 1. The monoisotopic (exact) mass is 468 g/mol. The van der Waals surface area contributed by atoms with Gasteiger partial charge in [-0.3, -0.25) is 9.69 Å². The van der Waals surface area contributed by atoms with Crippen LogP contribution in [0.5, 0.6) is 11.5 Å². The first-order chi connectivity index (χ1) is 16.5. The van der Waals surface area contributed by atoms with E-state index in [-0.39, 0.29) is 11.9 Å². The van der Waals surface area contributed by atoms with Gasteiger partial charge in [0.25, 0.3) is 5.91 Å². The van der Waals surface area contributed by atoms with Crippen LogP contribution < -0.4 is 9.47 Å². The SMILES string of the molecule is COc1ccc(OC)c([C@H](c2nnnn2CCC(C)C)N2CCN(C(=O)c3ccco3)CC2)c1. The molecule has 1 atom stereocenters. The Morgan fingerprint density at radius 2 is 1.91 bits per heavy atom. The van der Waals surface area contributed by atoms with Crippen molar-refractivity contribution < 1.29 is 18.7 Å². The molecule has 3 aromatic rings. The number of ether oxygens (including phenoxy) is 2. The molecule has 10 nitrogen and oxygen atoms in total. The zero-order valence-corrected chi connectivity index (χ0v) is 20.2. The predicted octanol–water partition coefficient (Wildman–Crippen LogP) is 2.88. The quantitative estimate of drug-likeness (QED) is 0.473. The van der Waals surface area contributed by atoms with E-state index in [9.17, 15) is 4.79 Å². The van der Waals surface area contributed by atoms with Gasteiger partial charge in [-0.15, -0.1) is 5.10 Å². The second-order valence-electron chi connectivity index (χ2n) is 8.76. The van der Waals surface area contributed by atoms with E-state index in [1.54, 1.807) is 26.4 Å². The number of carbonyl (C=O) groups is 1. The number of hydrogen-bond donors (Lipinski definition) is 0. The van der Waals surface area contributed by atoms with Crippen LogP contribution in [0, 0.1) is 5.92 Å². The number of rotatable bonds is 9. The summed E-state index contributed by atoms with van der Waals surface area (Å²) in [5.74, 6) is 3.00. The fourth-order valence-corrected chi connectivity index (χ4v) is 4.24. The number of hydrogen-bond acceptors (Lipinski definition) is 8. The molecule has 0 saturated carbocycles. The molecule has 1 fully saturated rings. The molecule has 182 valence electrons. The van der Waals surface area contributed by atoms with Crippen LogP contribution in [0.4, 0.5) is 0 Å². The van der Waals surface area contributed by atoms with E-state index < -0.39 is 0 Å². The van der Waals surface area contributed by atoms with Crippen LogP contribution in [0.15, 0.2) is 41.0 Å². The summed E-state index contributed by atoms with van der Waals surface area (Å²) in [6, 6.07) is 8.92. The number of methoxy groups -OCH3 is 2. The number of benzene rings is 1. The fraction of sp³-hybridized carbons (Fsp3) is 0.500. The lowest BCUT2D eigenvalue weighted by Gasteiger charge is -2.39. The summed E-state index contributed by atoms with van der Waals surface area (Å²) in [6.07, 6.45) is 2.48. The van der Waals surface area contributed by atoms with Crippen LogP contribution >= 0.6 is 0 Å². The van der Waals surface area contributed by atoms with Crippen molar-refractivity contribution in [1.29, 1.82) is 0 Å². The highest BCUT2D eigenvalue weighted by Gasteiger charge is 2.34. The van der Waals surface area contributed by atoms with Gasteiger partial charge in [0.2, 0.25) is 0 Å². The molecule has 34 heavy (non-hydrogen) atoms. The van der Waals surface area contributed by atoms with Crippen LogP contribution in [0.1, 0.15) is 48.3 Å². The molecule has 0 radical (unpaired) electrons. The maximum Gasteiger partial charge on any atom is 0.289 e. The molecule has 1 aromatic carbocycles. The van der Waals surface area contributed by atoms with E-state index in [0.29, 0.717) is 37.9 Å². The summed E-state index contributed by atoms with van der Waals surface area (Å²) in [4.78, 5) is 16.9. The predicted molar refractivity (Wildman–Crippen MR) is 125 cm³/mol. The second kappa shape index (κ2) is 10.7. The number of tetrazole rings is 1. The molecule has 0 unspecified atom stereocenters. The van der Waals surface area contributed by atoms with Gasteiger partial charge in [-0.25, -0.2) is 4.68 Å². The maximum absolute atomic E-state index is 12.8. The molecule has 10 heteroatoms. The molecule has 1 aliphatic rings. The summed E-state index contributed by atoms with van der Waals surface area (Å²) in [7, 11) is 3.30. The average Bonchev–Trinajstić information content (AvgIpc) is 3.55. The van der Waals surface area contributed by atoms with Crippen molar-refractivity contribution >= 4 is 5.91 Å². The van der Waals surface area contributed by atoms with E-state index in [0.717, 1.165) is 35.9 Å². The van der Waals surface area contributed by atoms with Crippen molar-refractivity contribution in [3.05, 3.63) is 53.7 Å². The molecule has 0 spiro atoms. The standard InChI is InChI=1S/C24H32N6O4/c1-17(2)9-10-30-23(25-26-27-30)22(19-16-18(32-3)7-8-20(19)33-4)28-11-13-29(14-12-28)24(31)21-6-5-15-34-21/h5-8,15-17,22H,9-14H2,1-4H3/t22-/m1/s1. The Morgan fingerprint density at radius 3 is 2.56 bits per heavy atom. The molecule has 1 aliphatic heterocycles. The van der Waals surface area contributed by atoms with Crippen molar-refractivity contribution in [2.45, 2.75) is 32.9 Å². The van der Waals surface area contributed by atoms with Gasteiger partial charge in [-0.05, 0) is 53.1 Å². The number of amides is 1. The third kappa shape index (κ3) is 5.06. The molecule has 4 rings (SSSR count). The molecule has 1 amide bonds.